The number of aromatic nitrogens is 1. The Bertz CT molecular complexity index is 1260. The van der Waals surface area contributed by atoms with Crippen molar-refractivity contribution in [1.82, 2.24) is 4.98 Å². The molecule has 2 nitrogen and oxygen atoms in total. The third-order valence-electron chi connectivity index (χ3n) is 6.79. The Balaban J connectivity index is 1.77. The number of fused-ring (bicyclic) bond motifs is 2. The van der Waals surface area contributed by atoms with Crippen molar-refractivity contribution < 1.29 is 0 Å². The molecule has 0 saturated carbocycles. The second-order valence-corrected chi connectivity index (χ2v) is 9.04. The molecular formula is C28H28N2. The lowest BCUT2D eigenvalue weighted by Gasteiger charge is -2.41. The van der Waals surface area contributed by atoms with E-state index >= 15 is 0 Å². The standard InChI is InChI=1S/C28H28N2/c1-18-10-8-9-13-22(18)25-17-20(3)30-27-26-23(14-15-28(25,27)4)24(16-19(2)29-26)21-11-6-5-7-12-21/h5-14,16-18,22H,15H2,1-4H3. The molecule has 5 rings (SSSR count). The quantitative estimate of drug-likeness (QED) is 0.695. The predicted molar refractivity (Wildman–Crippen MR) is 126 cm³/mol. The monoisotopic (exact) mass is 392 g/mol. The summed E-state index contributed by atoms with van der Waals surface area (Å²) in [7, 11) is 0. The van der Waals surface area contributed by atoms with Gasteiger partial charge in [-0.25, -0.2) is 0 Å². The maximum Gasteiger partial charge on any atom is 0.0932 e. The Labute approximate surface area is 178 Å². The highest BCUT2D eigenvalue weighted by Gasteiger charge is 2.41. The van der Waals surface area contributed by atoms with E-state index in [-0.39, 0.29) is 5.41 Å². The summed E-state index contributed by atoms with van der Waals surface area (Å²) >= 11 is 0. The normalized spacial score (nSPS) is 27.0. The molecule has 3 unspecified atom stereocenters. The number of hydrogen-bond acceptors (Lipinski definition) is 2. The molecule has 3 aliphatic rings. The van der Waals surface area contributed by atoms with Gasteiger partial charge in [0, 0.05) is 28.0 Å². The zero-order valence-electron chi connectivity index (χ0n) is 18.2. The maximum absolute atomic E-state index is 5.10. The number of rotatable bonds is 2. The molecule has 150 valence electrons. The predicted octanol–water partition coefficient (Wildman–Crippen LogP) is 5.13. The van der Waals surface area contributed by atoms with Crippen LogP contribution >= 0.6 is 0 Å². The smallest absolute Gasteiger partial charge is 0.0932 e. The SMILES string of the molecule is CC1=NC2=c3nc(C)cc(-c4ccccc4)c3=CCC2(C)C(C2C=CC=CC2C)=C1. The van der Waals surface area contributed by atoms with Crippen LogP contribution in [0.2, 0.25) is 0 Å². The van der Waals surface area contributed by atoms with Gasteiger partial charge in [0.1, 0.15) is 0 Å². The molecule has 0 radical (unpaired) electrons. The minimum absolute atomic E-state index is 0.129. The highest BCUT2D eigenvalue weighted by atomic mass is 14.8. The van der Waals surface area contributed by atoms with Gasteiger partial charge in [0.05, 0.1) is 11.0 Å². The van der Waals surface area contributed by atoms with Gasteiger partial charge < -0.3 is 0 Å². The molecule has 1 aliphatic heterocycles. The molecule has 0 fully saturated rings. The summed E-state index contributed by atoms with van der Waals surface area (Å²) in [6.45, 7) is 8.87. The lowest BCUT2D eigenvalue weighted by Crippen LogP contribution is -2.44. The maximum atomic E-state index is 5.10. The first-order valence-electron chi connectivity index (χ1n) is 10.9. The van der Waals surface area contributed by atoms with E-state index in [1.165, 1.54) is 21.9 Å². The molecule has 2 aliphatic carbocycles. The molecule has 0 saturated heterocycles. The molecule has 0 bridgehead atoms. The first-order valence-corrected chi connectivity index (χ1v) is 10.9. The number of allylic oxidation sites excluding steroid dienone is 5. The summed E-state index contributed by atoms with van der Waals surface area (Å²) in [5.41, 5.74) is 7.07. The third kappa shape index (κ3) is 2.94. The summed E-state index contributed by atoms with van der Waals surface area (Å²) in [6.07, 6.45) is 14.7. The van der Waals surface area contributed by atoms with Gasteiger partial charge in [-0.3, -0.25) is 9.98 Å². The molecule has 0 amide bonds. The fraction of sp³-hybridized carbons (Fsp3) is 0.286. The van der Waals surface area contributed by atoms with Gasteiger partial charge in [0.25, 0.3) is 0 Å². The van der Waals surface area contributed by atoms with Crippen LogP contribution in [-0.2, 0) is 0 Å². The van der Waals surface area contributed by atoms with Crippen molar-refractivity contribution >= 4 is 17.5 Å². The van der Waals surface area contributed by atoms with E-state index in [2.05, 4.69) is 101 Å². The number of dihydropyridines is 1. The zero-order valence-corrected chi connectivity index (χ0v) is 18.2. The largest absolute Gasteiger partial charge is 0.255 e. The number of benzene rings is 1. The molecule has 2 aromatic rings. The van der Waals surface area contributed by atoms with E-state index in [1.807, 2.05) is 0 Å². The fourth-order valence-electron chi connectivity index (χ4n) is 5.18. The van der Waals surface area contributed by atoms with E-state index < -0.39 is 0 Å². The van der Waals surface area contributed by atoms with Crippen molar-refractivity contribution in [1.29, 1.82) is 0 Å². The van der Waals surface area contributed by atoms with Crippen LogP contribution in [0.25, 0.3) is 22.9 Å². The number of aliphatic imine (C=N–C) groups is 1. The van der Waals surface area contributed by atoms with Crippen LogP contribution in [0.15, 0.2) is 77.3 Å². The van der Waals surface area contributed by atoms with Gasteiger partial charge in [-0.15, -0.1) is 0 Å². The highest BCUT2D eigenvalue weighted by Crippen LogP contribution is 2.49. The molecule has 1 aromatic carbocycles. The first kappa shape index (κ1) is 19.0. The van der Waals surface area contributed by atoms with Crippen molar-refractivity contribution in [3.63, 3.8) is 0 Å². The second-order valence-electron chi connectivity index (χ2n) is 9.04. The number of aryl methyl sites for hydroxylation is 1. The Morgan fingerprint density at radius 3 is 2.57 bits per heavy atom. The molecule has 2 heterocycles. The average molecular weight is 393 g/mol. The summed E-state index contributed by atoms with van der Waals surface area (Å²) in [4.78, 5) is 10.1. The Morgan fingerprint density at radius 2 is 1.80 bits per heavy atom. The topological polar surface area (TPSA) is 25.2 Å². The lowest BCUT2D eigenvalue weighted by atomic mass is 9.65. The molecule has 1 aromatic heterocycles. The van der Waals surface area contributed by atoms with E-state index in [0.717, 1.165) is 28.9 Å². The number of nitrogens with zero attached hydrogens (tertiary/aromatic N) is 2. The Morgan fingerprint density at radius 1 is 1.03 bits per heavy atom. The van der Waals surface area contributed by atoms with E-state index in [9.17, 15) is 0 Å². The summed E-state index contributed by atoms with van der Waals surface area (Å²) in [6, 6.07) is 12.8. The van der Waals surface area contributed by atoms with Gasteiger partial charge in [-0.05, 0) is 62.0 Å². The fourth-order valence-corrected chi connectivity index (χ4v) is 5.18. The van der Waals surface area contributed by atoms with Gasteiger partial charge in [-0.2, -0.15) is 0 Å². The van der Waals surface area contributed by atoms with Crippen LogP contribution < -0.4 is 10.6 Å². The lowest BCUT2D eigenvalue weighted by molar-refractivity contribution is 0.436. The second kappa shape index (κ2) is 7.05. The molecule has 30 heavy (non-hydrogen) atoms. The molecule has 2 heteroatoms. The van der Waals surface area contributed by atoms with Crippen LogP contribution in [-0.4, -0.2) is 10.7 Å². The Kier molecular flexibility index (Phi) is 4.47. The summed E-state index contributed by atoms with van der Waals surface area (Å²) in [5, 5.41) is 2.28. The van der Waals surface area contributed by atoms with Crippen LogP contribution in [0.5, 0.6) is 0 Å². The minimum Gasteiger partial charge on any atom is -0.255 e. The van der Waals surface area contributed by atoms with Gasteiger partial charge in [0.15, 0.2) is 0 Å². The van der Waals surface area contributed by atoms with Crippen molar-refractivity contribution in [2.24, 2.45) is 22.2 Å². The van der Waals surface area contributed by atoms with E-state index in [4.69, 9.17) is 9.98 Å². The number of pyridine rings is 1. The summed E-state index contributed by atoms with van der Waals surface area (Å²) < 4.78 is 0. The molecule has 0 spiro atoms. The van der Waals surface area contributed by atoms with Crippen molar-refractivity contribution in [3.8, 4) is 11.1 Å². The zero-order chi connectivity index (χ0) is 20.9. The van der Waals surface area contributed by atoms with Gasteiger partial charge in [-0.1, -0.05) is 67.6 Å². The number of hydrogen-bond donors (Lipinski definition) is 0. The van der Waals surface area contributed by atoms with Crippen molar-refractivity contribution in [2.75, 3.05) is 0 Å². The highest BCUT2D eigenvalue weighted by molar-refractivity contribution is 5.99. The summed E-state index contributed by atoms with van der Waals surface area (Å²) in [5.74, 6) is 0.880. The van der Waals surface area contributed by atoms with Gasteiger partial charge >= 0.3 is 0 Å². The Hall–Kier alpha value is -3.00. The van der Waals surface area contributed by atoms with Crippen LogP contribution in [0.3, 0.4) is 0 Å². The third-order valence-corrected chi connectivity index (χ3v) is 6.79. The minimum atomic E-state index is -0.129. The van der Waals surface area contributed by atoms with E-state index in [1.54, 1.807) is 0 Å². The van der Waals surface area contributed by atoms with E-state index in [0.29, 0.717) is 11.8 Å². The van der Waals surface area contributed by atoms with Crippen LogP contribution in [0, 0.1) is 24.2 Å². The first-order chi connectivity index (χ1) is 14.5. The van der Waals surface area contributed by atoms with Crippen molar-refractivity contribution in [3.05, 3.63) is 88.6 Å². The molecular weight excluding hydrogens is 364 g/mol. The van der Waals surface area contributed by atoms with Gasteiger partial charge in [0.2, 0.25) is 0 Å². The van der Waals surface area contributed by atoms with Crippen molar-refractivity contribution in [2.45, 2.75) is 34.1 Å². The molecule has 3 atom stereocenters. The molecule has 0 N–H and O–H groups in total. The average Bonchev–Trinajstić information content (AvgIpc) is 2.74. The van der Waals surface area contributed by atoms with Crippen LogP contribution in [0.4, 0.5) is 0 Å². The van der Waals surface area contributed by atoms with Crippen LogP contribution in [0.1, 0.15) is 32.9 Å².